The van der Waals surface area contributed by atoms with Gasteiger partial charge >= 0.3 is 6.03 Å². The number of nitrogens with zero attached hydrogens (tertiary/aromatic N) is 4. The van der Waals surface area contributed by atoms with Crippen LogP contribution in [-0.4, -0.2) is 40.5 Å². The average molecular weight is 444 g/mol. The lowest BCUT2D eigenvalue weighted by molar-refractivity contribution is 0.206. The van der Waals surface area contributed by atoms with Gasteiger partial charge in [-0.3, -0.25) is 0 Å². The number of aryl methyl sites for hydroxylation is 1. The van der Waals surface area contributed by atoms with Gasteiger partial charge in [-0.2, -0.15) is 0 Å². The molecule has 1 aromatic heterocycles. The summed E-state index contributed by atoms with van der Waals surface area (Å²) >= 11 is 3.45. The maximum Gasteiger partial charge on any atom is 0.322 e. The first-order valence-electron chi connectivity index (χ1n) is 9.92. The lowest BCUT2D eigenvalue weighted by Gasteiger charge is -2.36. The van der Waals surface area contributed by atoms with Gasteiger partial charge < -0.3 is 15.1 Å². The van der Waals surface area contributed by atoms with Crippen LogP contribution in [0.3, 0.4) is 0 Å². The maximum atomic E-state index is 12.8. The lowest BCUT2D eigenvalue weighted by Crippen LogP contribution is -2.41. The van der Waals surface area contributed by atoms with Crippen molar-refractivity contribution in [1.29, 1.82) is 0 Å². The molecule has 0 bridgehead atoms. The van der Waals surface area contributed by atoms with E-state index < -0.39 is 0 Å². The second kappa shape index (κ2) is 8.07. The summed E-state index contributed by atoms with van der Waals surface area (Å²) < 4.78 is 0.944. The van der Waals surface area contributed by atoms with E-state index in [0.717, 1.165) is 58.5 Å². The molecule has 0 spiro atoms. The molecule has 1 aromatic carbocycles. The van der Waals surface area contributed by atoms with Crippen molar-refractivity contribution in [3.8, 4) is 0 Å². The van der Waals surface area contributed by atoms with Crippen LogP contribution < -0.4 is 10.2 Å². The number of carbonyl (C=O) groups excluding carboxylic acids is 1. The zero-order valence-corrected chi connectivity index (χ0v) is 18.0. The van der Waals surface area contributed by atoms with Gasteiger partial charge in [-0.1, -0.05) is 28.9 Å². The van der Waals surface area contributed by atoms with Gasteiger partial charge in [0.2, 0.25) is 0 Å². The minimum atomic E-state index is -0.0810. The van der Waals surface area contributed by atoms with Crippen LogP contribution in [0.4, 0.5) is 16.3 Å². The number of urea groups is 1. The smallest absolute Gasteiger partial charge is 0.322 e. The molecule has 0 atom stereocenters. The number of halogens is 1. The van der Waals surface area contributed by atoms with Gasteiger partial charge in [-0.05, 0) is 43.9 Å². The highest BCUT2D eigenvalue weighted by Gasteiger charge is 2.28. The van der Waals surface area contributed by atoms with Crippen molar-refractivity contribution in [2.45, 2.75) is 39.7 Å². The molecule has 2 aromatic rings. The van der Waals surface area contributed by atoms with E-state index in [1.807, 2.05) is 36.1 Å². The van der Waals surface area contributed by atoms with Crippen molar-refractivity contribution >= 4 is 33.5 Å². The first-order chi connectivity index (χ1) is 13.5. The van der Waals surface area contributed by atoms with Crippen LogP contribution >= 0.6 is 15.9 Å². The molecule has 2 aliphatic heterocycles. The van der Waals surface area contributed by atoms with Crippen molar-refractivity contribution < 1.29 is 4.79 Å². The number of nitrogens with one attached hydrogen (secondary N) is 1. The van der Waals surface area contributed by atoms with Crippen molar-refractivity contribution in [2.75, 3.05) is 29.9 Å². The molecule has 6 nitrogen and oxygen atoms in total. The zero-order chi connectivity index (χ0) is 19.7. The molecule has 148 valence electrons. The number of aromatic nitrogens is 2. The van der Waals surface area contributed by atoms with Crippen LogP contribution in [0.1, 0.15) is 36.8 Å². The van der Waals surface area contributed by atoms with E-state index in [0.29, 0.717) is 13.1 Å². The molecule has 0 aliphatic carbocycles. The van der Waals surface area contributed by atoms with Gasteiger partial charge in [-0.15, -0.1) is 0 Å². The van der Waals surface area contributed by atoms with Crippen LogP contribution in [-0.2, 0) is 13.0 Å². The fourth-order valence-corrected chi connectivity index (χ4v) is 4.34. The van der Waals surface area contributed by atoms with E-state index in [-0.39, 0.29) is 6.03 Å². The molecule has 1 fully saturated rings. The topological polar surface area (TPSA) is 61.4 Å². The third-order valence-corrected chi connectivity index (χ3v) is 6.09. The molecule has 4 rings (SSSR count). The van der Waals surface area contributed by atoms with Gasteiger partial charge in [0.1, 0.15) is 11.6 Å². The molecule has 2 amide bonds. The van der Waals surface area contributed by atoms with E-state index in [9.17, 15) is 4.79 Å². The summed E-state index contributed by atoms with van der Waals surface area (Å²) in [4.78, 5) is 26.5. The molecule has 0 radical (unpaired) electrons. The highest BCUT2D eigenvalue weighted by Crippen LogP contribution is 2.30. The summed E-state index contributed by atoms with van der Waals surface area (Å²) in [5.74, 6) is 2.61. The number of carbonyl (C=O) groups is 1. The molecule has 1 N–H and O–H groups in total. The summed E-state index contributed by atoms with van der Waals surface area (Å²) in [6.07, 6.45) is 3.14. The van der Waals surface area contributed by atoms with Crippen LogP contribution in [0.15, 0.2) is 28.7 Å². The normalized spacial score (nSPS) is 17.4. The lowest BCUT2D eigenvalue weighted by atomic mass is 9.98. The SMILES string of the molecule is Cc1nc2c(c(N3CCC(C)CC3)n1)CN(C(=O)Nc1cccc(Br)c1)CC2. The maximum absolute atomic E-state index is 12.8. The molecule has 3 heterocycles. The molecular formula is C21H26BrN5O. The fourth-order valence-electron chi connectivity index (χ4n) is 3.94. The predicted octanol–water partition coefficient (Wildman–Crippen LogP) is 4.37. The van der Waals surface area contributed by atoms with Crippen molar-refractivity contribution in [3.05, 3.63) is 45.8 Å². The number of benzene rings is 1. The van der Waals surface area contributed by atoms with E-state index >= 15 is 0 Å². The molecular weight excluding hydrogens is 418 g/mol. The van der Waals surface area contributed by atoms with Crippen LogP contribution in [0.25, 0.3) is 0 Å². The molecule has 28 heavy (non-hydrogen) atoms. The Bertz CT molecular complexity index is 879. The summed E-state index contributed by atoms with van der Waals surface area (Å²) in [5, 5.41) is 3.00. The minimum Gasteiger partial charge on any atom is -0.356 e. The van der Waals surface area contributed by atoms with Gasteiger partial charge in [-0.25, -0.2) is 14.8 Å². The number of hydrogen-bond acceptors (Lipinski definition) is 4. The minimum absolute atomic E-state index is 0.0810. The fraction of sp³-hybridized carbons (Fsp3) is 0.476. The Hall–Kier alpha value is -2.15. The summed E-state index contributed by atoms with van der Waals surface area (Å²) in [5.41, 5.74) is 2.99. The predicted molar refractivity (Wildman–Crippen MR) is 115 cm³/mol. The number of piperidine rings is 1. The first kappa shape index (κ1) is 19.2. The molecule has 0 saturated carbocycles. The van der Waals surface area contributed by atoms with Crippen molar-refractivity contribution in [2.24, 2.45) is 5.92 Å². The molecule has 0 unspecified atom stereocenters. The zero-order valence-electron chi connectivity index (χ0n) is 16.4. The van der Waals surface area contributed by atoms with E-state index in [1.54, 1.807) is 0 Å². The number of rotatable bonds is 2. The van der Waals surface area contributed by atoms with Crippen LogP contribution in [0.2, 0.25) is 0 Å². The highest BCUT2D eigenvalue weighted by atomic mass is 79.9. The summed E-state index contributed by atoms with van der Waals surface area (Å²) in [6, 6.07) is 7.58. The Balaban J connectivity index is 1.54. The Morgan fingerprint density at radius 1 is 1.21 bits per heavy atom. The second-order valence-electron chi connectivity index (χ2n) is 7.80. The Morgan fingerprint density at radius 2 is 2.00 bits per heavy atom. The Morgan fingerprint density at radius 3 is 2.75 bits per heavy atom. The number of fused-ring (bicyclic) bond motifs is 1. The molecule has 1 saturated heterocycles. The van der Waals surface area contributed by atoms with Gasteiger partial charge in [0.15, 0.2) is 0 Å². The Kier molecular flexibility index (Phi) is 5.53. The molecule has 7 heteroatoms. The van der Waals surface area contributed by atoms with Crippen LogP contribution in [0.5, 0.6) is 0 Å². The largest absolute Gasteiger partial charge is 0.356 e. The van der Waals surface area contributed by atoms with Crippen molar-refractivity contribution in [3.63, 3.8) is 0 Å². The van der Waals surface area contributed by atoms with E-state index in [2.05, 4.69) is 38.1 Å². The average Bonchev–Trinajstić information content (AvgIpc) is 2.67. The standard InChI is InChI=1S/C21H26BrN5O/c1-14-6-9-26(10-7-14)20-18-13-27(11-8-19(18)23-15(2)24-20)21(28)25-17-5-3-4-16(22)12-17/h3-5,12,14H,6-11,13H2,1-2H3,(H,25,28). The van der Waals surface area contributed by atoms with E-state index in [4.69, 9.17) is 4.98 Å². The number of hydrogen-bond donors (Lipinski definition) is 1. The third-order valence-electron chi connectivity index (χ3n) is 5.60. The Labute approximate surface area is 174 Å². The highest BCUT2D eigenvalue weighted by molar-refractivity contribution is 9.10. The van der Waals surface area contributed by atoms with Crippen LogP contribution in [0, 0.1) is 12.8 Å². The summed E-state index contributed by atoms with van der Waals surface area (Å²) in [6.45, 7) is 7.54. The number of amides is 2. The van der Waals surface area contributed by atoms with E-state index in [1.165, 1.54) is 12.8 Å². The molecule has 2 aliphatic rings. The van der Waals surface area contributed by atoms with Gasteiger partial charge in [0, 0.05) is 41.8 Å². The second-order valence-corrected chi connectivity index (χ2v) is 8.72. The quantitative estimate of drug-likeness (QED) is 0.747. The van der Waals surface area contributed by atoms with Crippen molar-refractivity contribution in [1.82, 2.24) is 14.9 Å². The third kappa shape index (κ3) is 4.14. The van der Waals surface area contributed by atoms with Gasteiger partial charge in [0.05, 0.1) is 12.2 Å². The number of anilines is 2. The monoisotopic (exact) mass is 443 g/mol. The first-order valence-corrected chi connectivity index (χ1v) is 10.7. The van der Waals surface area contributed by atoms with Gasteiger partial charge in [0.25, 0.3) is 0 Å². The summed E-state index contributed by atoms with van der Waals surface area (Å²) in [7, 11) is 0.